The summed E-state index contributed by atoms with van der Waals surface area (Å²) < 4.78 is 15.5. The smallest absolute Gasteiger partial charge is 0.169 e. The van der Waals surface area contributed by atoms with Crippen molar-refractivity contribution in [2.45, 2.75) is 25.2 Å². The van der Waals surface area contributed by atoms with Crippen molar-refractivity contribution in [2.75, 3.05) is 0 Å². The van der Waals surface area contributed by atoms with Gasteiger partial charge in [-0.3, -0.25) is 0 Å². The Balaban J connectivity index is 2.01. The molecule has 0 saturated heterocycles. The minimum absolute atomic E-state index is 0.257. The minimum Gasteiger partial charge on any atom is -0.312 e. The first-order valence-electron chi connectivity index (χ1n) is 10.9. The maximum Gasteiger partial charge on any atom is 0.169 e. The molecule has 0 aromatic heterocycles. The zero-order valence-electron chi connectivity index (χ0n) is 18.2. The third kappa shape index (κ3) is 3.84. The van der Waals surface area contributed by atoms with E-state index in [1.165, 1.54) is 5.06 Å². The lowest BCUT2D eigenvalue weighted by Crippen LogP contribution is -2.48. The zero-order chi connectivity index (χ0) is 22.4. The second-order valence-electron chi connectivity index (χ2n) is 7.86. The molecule has 1 unspecified atom stereocenters. The Bertz CT molecular complexity index is 1120. The summed E-state index contributed by atoms with van der Waals surface area (Å²) in [5.74, 6) is 0. The SMILES string of the molecule is CCC(c1ccccc1)(N(O)Cc1ccccc1)P(=O)(c1ccccc1)c1ccccc1. The van der Waals surface area contributed by atoms with Crippen molar-refractivity contribution in [3.05, 3.63) is 132 Å². The lowest BCUT2D eigenvalue weighted by atomic mass is 10.0. The van der Waals surface area contributed by atoms with Crippen molar-refractivity contribution in [3.63, 3.8) is 0 Å². The van der Waals surface area contributed by atoms with Crippen molar-refractivity contribution in [1.82, 2.24) is 5.06 Å². The van der Waals surface area contributed by atoms with Gasteiger partial charge in [-0.25, -0.2) is 0 Å². The summed E-state index contributed by atoms with van der Waals surface area (Å²) >= 11 is 0. The van der Waals surface area contributed by atoms with Crippen LogP contribution in [0.2, 0.25) is 0 Å². The van der Waals surface area contributed by atoms with Gasteiger partial charge in [-0.05, 0) is 17.5 Å². The van der Waals surface area contributed by atoms with Gasteiger partial charge < -0.3 is 9.77 Å². The fourth-order valence-electron chi connectivity index (χ4n) is 4.55. The Hall–Kier alpha value is -2.97. The molecule has 4 heteroatoms. The number of hydrogen-bond acceptors (Lipinski definition) is 3. The molecule has 3 nitrogen and oxygen atoms in total. The quantitative estimate of drug-likeness (QED) is 0.263. The number of benzene rings is 4. The third-order valence-corrected chi connectivity index (χ3v) is 9.99. The molecule has 32 heavy (non-hydrogen) atoms. The number of nitrogens with zero attached hydrogens (tertiary/aromatic N) is 1. The van der Waals surface area contributed by atoms with E-state index in [2.05, 4.69) is 0 Å². The molecular weight excluding hydrogens is 413 g/mol. The average molecular weight is 442 g/mol. The van der Waals surface area contributed by atoms with Crippen LogP contribution in [-0.2, 0) is 16.4 Å². The molecule has 0 aliphatic carbocycles. The summed E-state index contributed by atoms with van der Waals surface area (Å²) in [5.41, 5.74) is 1.79. The Labute approximate surface area is 190 Å². The Kier molecular flexibility index (Phi) is 6.72. The fraction of sp³-hybridized carbons (Fsp3) is 0.143. The standard InChI is InChI=1S/C28H28NO2P/c1-2-28(25-17-9-4-10-18-25,29(30)23-24-15-7-3-8-16-24)32(31,26-19-11-5-12-20-26)27-21-13-6-14-22-27/h3-22,30H,2,23H2,1H3. The van der Waals surface area contributed by atoms with Gasteiger partial charge in [0.15, 0.2) is 7.14 Å². The topological polar surface area (TPSA) is 40.5 Å². The molecule has 0 aliphatic rings. The van der Waals surface area contributed by atoms with Crippen molar-refractivity contribution in [3.8, 4) is 0 Å². The predicted molar refractivity (Wildman–Crippen MR) is 132 cm³/mol. The highest BCUT2D eigenvalue weighted by molar-refractivity contribution is 7.79. The predicted octanol–water partition coefficient (Wildman–Crippen LogP) is 6.15. The largest absolute Gasteiger partial charge is 0.312 e. The molecule has 162 valence electrons. The van der Waals surface area contributed by atoms with Gasteiger partial charge in [0.1, 0.15) is 5.28 Å². The first kappa shape index (κ1) is 22.2. The van der Waals surface area contributed by atoms with Gasteiger partial charge >= 0.3 is 0 Å². The second-order valence-corrected chi connectivity index (χ2v) is 10.9. The Morgan fingerprint density at radius 1 is 0.688 bits per heavy atom. The Morgan fingerprint density at radius 2 is 1.09 bits per heavy atom. The average Bonchev–Trinajstić information content (AvgIpc) is 2.87. The summed E-state index contributed by atoms with van der Waals surface area (Å²) in [6.07, 6.45) is 0.460. The maximum absolute atomic E-state index is 15.5. The van der Waals surface area contributed by atoms with Gasteiger partial charge in [0.2, 0.25) is 0 Å². The molecule has 0 radical (unpaired) electrons. The van der Waals surface area contributed by atoms with Gasteiger partial charge in [-0.1, -0.05) is 128 Å². The highest BCUT2D eigenvalue weighted by Gasteiger charge is 2.54. The molecule has 0 saturated carbocycles. The normalized spacial score (nSPS) is 13.6. The van der Waals surface area contributed by atoms with Crippen molar-refractivity contribution < 1.29 is 9.77 Å². The fourth-order valence-corrected chi connectivity index (χ4v) is 8.24. The van der Waals surface area contributed by atoms with E-state index in [0.717, 1.165) is 21.7 Å². The summed E-state index contributed by atoms with van der Waals surface area (Å²) in [4.78, 5) is 0. The summed E-state index contributed by atoms with van der Waals surface area (Å²) in [6.45, 7) is 2.26. The summed E-state index contributed by atoms with van der Waals surface area (Å²) in [6, 6.07) is 38.7. The molecule has 0 bridgehead atoms. The molecule has 4 aromatic carbocycles. The monoisotopic (exact) mass is 441 g/mol. The van der Waals surface area contributed by atoms with Gasteiger partial charge in [-0.15, -0.1) is 0 Å². The van der Waals surface area contributed by atoms with Gasteiger partial charge in [-0.2, -0.15) is 5.06 Å². The number of rotatable bonds is 8. The van der Waals surface area contributed by atoms with E-state index in [9.17, 15) is 5.21 Å². The van der Waals surface area contributed by atoms with Crippen molar-refractivity contribution in [2.24, 2.45) is 0 Å². The van der Waals surface area contributed by atoms with E-state index in [-0.39, 0.29) is 6.54 Å². The lowest BCUT2D eigenvalue weighted by molar-refractivity contribution is -0.156. The second kappa shape index (κ2) is 9.67. The van der Waals surface area contributed by atoms with Crippen LogP contribution in [0.15, 0.2) is 121 Å². The van der Waals surface area contributed by atoms with E-state index in [4.69, 9.17) is 0 Å². The Morgan fingerprint density at radius 3 is 1.53 bits per heavy atom. The van der Waals surface area contributed by atoms with Crippen LogP contribution in [0.25, 0.3) is 0 Å². The van der Waals surface area contributed by atoms with Crippen LogP contribution in [0, 0.1) is 0 Å². The molecule has 0 fully saturated rings. The van der Waals surface area contributed by atoms with Crippen LogP contribution in [0.5, 0.6) is 0 Å². The number of hydroxylamine groups is 2. The van der Waals surface area contributed by atoms with Crippen LogP contribution >= 0.6 is 7.14 Å². The maximum atomic E-state index is 15.5. The van der Waals surface area contributed by atoms with Crippen molar-refractivity contribution in [1.29, 1.82) is 0 Å². The zero-order valence-corrected chi connectivity index (χ0v) is 19.1. The third-order valence-electron chi connectivity index (χ3n) is 6.09. The highest BCUT2D eigenvalue weighted by atomic mass is 31.2. The molecule has 4 aromatic rings. The van der Waals surface area contributed by atoms with Crippen LogP contribution in [-0.4, -0.2) is 10.3 Å². The van der Waals surface area contributed by atoms with E-state index >= 15 is 4.57 Å². The molecule has 1 N–H and O–H groups in total. The van der Waals surface area contributed by atoms with Crippen LogP contribution in [0.1, 0.15) is 24.5 Å². The number of hydrogen-bond donors (Lipinski definition) is 1. The first-order valence-corrected chi connectivity index (χ1v) is 12.6. The van der Waals surface area contributed by atoms with Gasteiger partial charge in [0, 0.05) is 10.6 Å². The molecule has 0 spiro atoms. The van der Waals surface area contributed by atoms with Crippen LogP contribution in [0.3, 0.4) is 0 Å². The van der Waals surface area contributed by atoms with E-state index in [1.807, 2.05) is 128 Å². The molecule has 1 atom stereocenters. The summed E-state index contributed by atoms with van der Waals surface area (Å²) in [5, 5.41) is 13.4. The molecule has 4 rings (SSSR count). The minimum atomic E-state index is -3.40. The summed E-state index contributed by atoms with van der Waals surface area (Å²) in [7, 11) is -3.40. The molecule has 0 aliphatic heterocycles. The van der Waals surface area contributed by atoms with Gasteiger partial charge in [0.25, 0.3) is 0 Å². The van der Waals surface area contributed by atoms with E-state index in [0.29, 0.717) is 6.42 Å². The first-order chi connectivity index (χ1) is 15.6. The molecule has 0 amide bonds. The van der Waals surface area contributed by atoms with Crippen LogP contribution in [0.4, 0.5) is 0 Å². The molecular formula is C28H28NO2P. The van der Waals surface area contributed by atoms with Crippen molar-refractivity contribution >= 4 is 17.8 Å². The highest BCUT2D eigenvalue weighted by Crippen LogP contribution is 2.64. The van der Waals surface area contributed by atoms with E-state index in [1.54, 1.807) is 0 Å². The van der Waals surface area contributed by atoms with E-state index < -0.39 is 12.4 Å². The van der Waals surface area contributed by atoms with Gasteiger partial charge in [0.05, 0.1) is 6.54 Å². The lowest BCUT2D eigenvalue weighted by Gasteiger charge is -2.46. The van der Waals surface area contributed by atoms with Crippen LogP contribution < -0.4 is 10.6 Å². The molecule has 0 heterocycles.